The molecule has 0 aliphatic heterocycles. The van der Waals surface area contributed by atoms with Crippen molar-refractivity contribution in [2.24, 2.45) is 0 Å². The lowest BCUT2D eigenvalue weighted by atomic mass is 10.1. The first kappa shape index (κ1) is 17.9. The van der Waals surface area contributed by atoms with Gasteiger partial charge in [0, 0.05) is 0 Å². The Morgan fingerprint density at radius 2 is 1.12 bits per heavy atom. The molecule has 0 heteroatoms. The molecule has 0 aliphatic carbocycles. The molecule has 0 aromatic rings. The molecule has 0 heterocycles. The molecule has 0 fully saturated rings. The van der Waals surface area contributed by atoms with Crippen molar-refractivity contribution in [2.45, 2.75) is 78.1 Å². The number of unbranched alkanes of at least 4 members (excludes halogenated alkanes) is 8. The Balaban J connectivity index is 0. The predicted octanol–water partition coefficient (Wildman–Crippen LogP) is 6.29. The summed E-state index contributed by atoms with van der Waals surface area (Å²) >= 11 is 0. The normalized spacial score (nSPS) is 9.12. The lowest BCUT2D eigenvalue weighted by Gasteiger charge is -1.99. The van der Waals surface area contributed by atoms with Crippen LogP contribution < -0.4 is 0 Å². The van der Waals surface area contributed by atoms with Gasteiger partial charge in [-0.25, -0.2) is 0 Å². The van der Waals surface area contributed by atoms with E-state index in [1.54, 1.807) is 0 Å². The zero-order chi connectivity index (χ0) is 12.5. The van der Waals surface area contributed by atoms with Crippen molar-refractivity contribution in [2.75, 3.05) is 0 Å². The molecule has 0 radical (unpaired) electrons. The summed E-state index contributed by atoms with van der Waals surface area (Å²) in [5.74, 6) is 0. The van der Waals surface area contributed by atoms with Gasteiger partial charge in [0.1, 0.15) is 0 Å². The molecule has 96 valence electrons. The van der Waals surface area contributed by atoms with Gasteiger partial charge in [-0.05, 0) is 19.3 Å². The highest BCUT2D eigenvalue weighted by Gasteiger charge is 1.89. The van der Waals surface area contributed by atoms with Crippen LogP contribution in [0.15, 0.2) is 25.3 Å². The third-order valence-corrected chi connectivity index (χ3v) is 2.55. The van der Waals surface area contributed by atoms with Gasteiger partial charge in [-0.15, -0.1) is 13.2 Å². The molecular formula is C16H32. The van der Waals surface area contributed by atoms with Crippen LogP contribution in [-0.2, 0) is 0 Å². The fraction of sp³-hybridized carbons (Fsp3) is 0.750. The van der Waals surface area contributed by atoms with Gasteiger partial charge in [0.15, 0.2) is 0 Å². The van der Waals surface area contributed by atoms with E-state index in [0.717, 1.165) is 6.42 Å². The molecule has 0 nitrogen and oxygen atoms in total. The Morgan fingerprint density at radius 3 is 1.50 bits per heavy atom. The first-order chi connectivity index (χ1) is 7.83. The molecule has 0 aromatic carbocycles. The van der Waals surface area contributed by atoms with Gasteiger partial charge >= 0.3 is 0 Å². The molecule has 0 aliphatic rings. The minimum Gasteiger partial charge on any atom is -0.103 e. The standard InChI is InChI=1S/C12H24.C4H8/c1-3-5-7-9-11-12-10-8-6-4-2;1-3-4-2/h3H,1,4-12H2,2H3;3H,1,4H2,2H3. The number of rotatable bonds is 10. The van der Waals surface area contributed by atoms with Crippen molar-refractivity contribution in [3.8, 4) is 0 Å². The molecule has 0 saturated heterocycles. The van der Waals surface area contributed by atoms with Gasteiger partial charge in [0.2, 0.25) is 0 Å². The Bertz CT molecular complexity index is 124. The van der Waals surface area contributed by atoms with Crippen LogP contribution in [0.5, 0.6) is 0 Å². The van der Waals surface area contributed by atoms with Crippen LogP contribution in [0.3, 0.4) is 0 Å². The minimum absolute atomic E-state index is 1.08. The first-order valence-corrected chi connectivity index (χ1v) is 7.05. The lowest BCUT2D eigenvalue weighted by molar-refractivity contribution is 0.578. The summed E-state index contributed by atoms with van der Waals surface area (Å²) in [6.07, 6.45) is 17.5. The van der Waals surface area contributed by atoms with Crippen molar-refractivity contribution in [3.63, 3.8) is 0 Å². The van der Waals surface area contributed by atoms with Crippen LogP contribution >= 0.6 is 0 Å². The largest absolute Gasteiger partial charge is 0.103 e. The van der Waals surface area contributed by atoms with E-state index in [9.17, 15) is 0 Å². The fourth-order valence-electron chi connectivity index (χ4n) is 1.42. The van der Waals surface area contributed by atoms with Gasteiger partial charge in [-0.1, -0.05) is 70.9 Å². The lowest BCUT2D eigenvalue weighted by Crippen LogP contribution is -1.79. The molecule has 0 amide bonds. The summed E-state index contributed by atoms with van der Waals surface area (Å²) in [5, 5.41) is 0. The molecule has 0 saturated carbocycles. The number of hydrogen-bond donors (Lipinski definition) is 0. The Kier molecular flexibility index (Phi) is 22.3. The summed E-state index contributed by atoms with van der Waals surface area (Å²) in [4.78, 5) is 0. The molecule has 0 rings (SSSR count). The van der Waals surface area contributed by atoms with Gasteiger partial charge in [-0.2, -0.15) is 0 Å². The molecule has 0 atom stereocenters. The van der Waals surface area contributed by atoms with Gasteiger partial charge < -0.3 is 0 Å². The monoisotopic (exact) mass is 224 g/mol. The summed E-state index contributed by atoms with van der Waals surface area (Å²) < 4.78 is 0. The number of hydrogen-bond acceptors (Lipinski definition) is 0. The maximum atomic E-state index is 3.72. The van der Waals surface area contributed by atoms with E-state index >= 15 is 0 Å². The average molecular weight is 224 g/mol. The van der Waals surface area contributed by atoms with Crippen LogP contribution in [0.1, 0.15) is 78.1 Å². The van der Waals surface area contributed by atoms with Gasteiger partial charge in [-0.3, -0.25) is 0 Å². The molecule has 0 bridgehead atoms. The summed E-state index contributed by atoms with van der Waals surface area (Å²) in [6.45, 7) is 11.5. The van der Waals surface area contributed by atoms with Crippen LogP contribution in [0.2, 0.25) is 0 Å². The SMILES string of the molecule is C=CCC.C=CCCCCCCCCCC. The van der Waals surface area contributed by atoms with Crippen LogP contribution in [0.4, 0.5) is 0 Å². The molecular weight excluding hydrogens is 192 g/mol. The van der Waals surface area contributed by atoms with E-state index in [4.69, 9.17) is 0 Å². The molecule has 0 unspecified atom stereocenters. The highest BCUT2D eigenvalue weighted by atomic mass is 14.0. The predicted molar refractivity (Wildman–Crippen MR) is 77.9 cm³/mol. The van der Waals surface area contributed by atoms with Gasteiger partial charge in [0.25, 0.3) is 0 Å². The van der Waals surface area contributed by atoms with E-state index in [2.05, 4.69) is 27.0 Å². The van der Waals surface area contributed by atoms with E-state index in [0.29, 0.717) is 0 Å². The average Bonchev–Trinajstić information content (AvgIpc) is 2.33. The number of allylic oxidation sites excluding steroid dienone is 2. The maximum Gasteiger partial charge on any atom is -0.0353 e. The van der Waals surface area contributed by atoms with Crippen molar-refractivity contribution < 1.29 is 0 Å². The van der Waals surface area contributed by atoms with Gasteiger partial charge in [0.05, 0.1) is 0 Å². The molecule has 0 aromatic heterocycles. The van der Waals surface area contributed by atoms with E-state index in [1.165, 1.54) is 57.8 Å². The van der Waals surface area contributed by atoms with E-state index < -0.39 is 0 Å². The topological polar surface area (TPSA) is 0 Å². The summed E-state index contributed by atoms with van der Waals surface area (Å²) in [5.41, 5.74) is 0. The Morgan fingerprint density at radius 1 is 0.688 bits per heavy atom. The quantitative estimate of drug-likeness (QED) is 0.302. The zero-order valence-electron chi connectivity index (χ0n) is 11.6. The zero-order valence-corrected chi connectivity index (χ0v) is 11.6. The smallest absolute Gasteiger partial charge is 0.0353 e. The Labute approximate surface area is 104 Å². The third-order valence-electron chi connectivity index (χ3n) is 2.55. The summed E-state index contributed by atoms with van der Waals surface area (Å²) in [7, 11) is 0. The van der Waals surface area contributed by atoms with Crippen LogP contribution in [-0.4, -0.2) is 0 Å². The van der Waals surface area contributed by atoms with E-state index in [-0.39, 0.29) is 0 Å². The van der Waals surface area contributed by atoms with Crippen LogP contribution in [0, 0.1) is 0 Å². The van der Waals surface area contributed by atoms with Crippen molar-refractivity contribution in [1.29, 1.82) is 0 Å². The maximum absolute atomic E-state index is 3.72. The Hall–Kier alpha value is -0.520. The molecule has 0 spiro atoms. The first-order valence-electron chi connectivity index (χ1n) is 7.05. The molecule has 0 N–H and O–H groups in total. The third kappa shape index (κ3) is 23.4. The van der Waals surface area contributed by atoms with Crippen LogP contribution in [0.25, 0.3) is 0 Å². The van der Waals surface area contributed by atoms with Crippen molar-refractivity contribution in [1.82, 2.24) is 0 Å². The second kappa shape index (κ2) is 20.0. The highest BCUT2D eigenvalue weighted by molar-refractivity contribution is 4.65. The van der Waals surface area contributed by atoms with Crippen molar-refractivity contribution >= 4 is 0 Å². The fourth-order valence-corrected chi connectivity index (χ4v) is 1.42. The highest BCUT2D eigenvalue weighted by Crippen LogP contribution is 2.09. The van der Waals surface area contributed by atoms with E-state index in [1.807, 2.05) is 12.2 Å². The second-order valence-electron chi connectivity index (χ2n) is 4.25. The molecule has 16 heavy (non-hydrogen) atoms. The van der Waals surface area contributed by atoms with Crippen molar-refractivity contribution in [3.05, 3.63) is 25.3 Å². The summed E-state index contributed by atoms with van der Waals surface area (Å²) in [6, 6.07) is 0. The second-order valence-corrected chi connectivity index (χ2v) is 4.25. The minimum atomic E-state index is 1.08.